The number of carboxylic acids is 1. The number of nitrogens with zero attached hydrogens (tertiary/aromatic N) is 1. The number of carboxylic acid groups (broad SMARTS) is 1. The van der Waals surface area contributed by atoms with Crippen molar-refractivity contribution in [3.63, 3.8) is 0 Å². The minimum absolute atomic E-state index is 0.183. The molecule has 0 aliphatic carbocycles. The summed E-state index contributed by atoms with van der Waals surface area (Å²) in [4.78, 5) is 25.2. The van der Waals surface area contributed by atoms with Crippen molar-refractivity contribution >= 4 is 46.3 Å². The van der Waals surface area contributed by atoms with E-state index in [2.05, 4.69) is 0 Å². The predicted octanol–water partition coefficient (Wildman–Crippen LogP) is 2.34. The Morgan fingerprint density at radius 2 is 2.26 bits per heavy atom. The first-order valence-electron chi connectivity index (χ1n) is 7.17. The number of unbranched alkanes of at least 4 members (excludes halogenated alkanes) is 1. The third kappa shape index (κ3) is 4.17. The fraction of sp³-hybridized carbons (Fsp3) is 0.312. The highest BCUT2D eigenvalue weighted by atomic mass is 32.2. The van der Waals surface area contributed by atoms with Gasteiger partial charge >= 0.3 is 0 Å². The molecule has 23 heavy (non-hydrogen) atoms. The standard InChI is InChI=1S/C16H16FNO3S2/c1-2-3-7-12(15(20)21)18-14(19)13(23-16(18)22)9-10-5-4-6-11(17)8-10/h4-6,8-9,12H,2-3,7H2,1H3,(H,20,21)/p-1/b13-9-/t12-/m0/s1. The van der Waals surface area contributed by atoms with Crippen LogP contribution in [0.25, 0.3) is 6.08 Å². The number of carbonyl (C=O) groups excluding carboxylic acids is 2. The lowest BCUT2D eigenvalue weighted by Crippen LogP contribution is -2.49. The van der Waals surface area contributed by atoms with Crippen LogP contribution in [0.4, 0.5) is 4.39 Å². The second kappa shape index (κ2) is 7.70. The zero-order valence-electron chi connectivity index (χ0n) is 12.5. The minimum Gasteiger partial charge on any atom is -0.548 e. The van der Waals surface area contributed by atoms with Crippen LogP contribution >= 0.6 is 24.0 Å². The van der Waals surface area contributed by atoms with E-state index in [4.69, 9.17) is 12.2 Å². The number of hydrogen-bond acceptors (Lipinski definition) is 5. The van der Waals surface area contributed by atoms with Gasteiger partial charge in [-0.2, -0.15) is 0 Å². The SMILES string of the molecule is CCCC[C@@H](C(=O)[O-])N1C(=O)/C(=C/c2cccc(F)c2)SC1=S. The lowest BCUT2D eigenvalue weighted by Gasteiger charge is -2.27. The number of rotatable bonds is 6. The van der Waals surface area contributed by atoms with Gasteiger partial charge in [0.1, 0.15) is 10.1 Å². The van der Waals surface area contributed by atoms with E-state index in [-0.39, 0.29) is 9.23 Å². The van der Waals surface area contributed by atoms with Gasteiger partial charge in [0.15, 0.2) is 0 Å². The number of thiocarbonyl (C=S) groups is 1. The maximum absolute atomic E-state index is 13.2. The summed E-state index contributed by atoms with van der Waals surface area (Å²) in [5.41, 5.74) is 0.518. The Kier molecular flexibility index (Phi) is 5.90. The predicted molar refractivity (Wildman–Crippen MR) is 89.7 cm³/mol. The number of hydrogen-bond donors (Lipinski definition) is 0. The molecule has 1 aromatic carbocycles. The van der Waals surface area contributed by atoms with Crippen molar-refractivity contribution in [2.75, 3.05) is 0 Å². The van der Waals surface area contributed by atoms with E-state index in [1.165, 1.54) is 24.3 Å². The zero-order chi connectivity index (χ0) is 17.0. The molecule has 1 fully saturated rings. The Morgan fingerprint density at radius 3 is 2.87 bits per heavy atom. The molecule has 1 atom stereocenters. The average molecular weight is 352 g/mol. The van der Waals surface area contributed by atoms with Crippen molar-refractivity contribution in [3.8, 4) is 0 Å². The molecular formula is C16H15FNO3S2-. The quantitative estimate of drug-likeness (QED) is 0.581. The summed E-state index contributed by atoms with van der Waals surface area (Å²) >= 11 is 6.16. The van der Waals surface area contributed by atoms with E-state index >= 15 is 0 Å². The fourth-order valence-electron chi connectivity index (χ4n) is 2.25. The van der Waals surface area contributed by atoms with Gasteiger partial charge in [0.25, 0.3) is 5.91 Å². The van der Waals surface area contributed by atoms with Crippen LogP contribution in [0.2, 0.25) is 0 Å². The number of halogens is 1. The second-order valence-electron chi connectivity index (χ2n) is 5.08. The van der Waals surface area contributed by atoms with E-state index in [1.54, 1.807) is 6.07 Å². The number of carbonyl (C=O) groups is 2. The Morgan fingerprint density at radius 1 is 1.52 bits per heavy atom. The van der Waals surface area contributed by atoms with Crippen LogP contribution in [0.15, 0.2) is 29.2 Å². The van der Waals surface area contributed by atoms with Crippen LogP contribution in [0, 0.1) is 5.82 Å². The third-order valence-corrected chi connectivity index (χ3v) is 4.72. The maximum atomic E-state index is 13.2. The topological polar surface area (TPSA) is 60.4 Å². The van der Waals surface area contributed by atoms with Gasteiger partial charge in [-0.05, 0) is 30.2 Å². The van der Waals surface area contributed by atoms with Gasteiger partial charge in [-0.15, -0.1) is 0 Å². The molecule has 1 aliphatic heterocycles. The van der Waals surface area contributed by atoms with Crippen LogP contribution in [-0.4, -0.2) is 27.1 Å². The Hall–Kier alpha value is -1.73. The number of amides is 1. The monoisotopic (exact) mass is 352 g/mol. The first-order chi connectivity index (χ1) is 10.9. The average Bonchev–Trinajstić information content (AvgIpc) is 2.75. The molecule has 1 saturated heterocycles. The van der Waals surface area contributed by atoms with Crippen molar-refractivity contribution < 1.29 is 19.1 Å². The van der Waals surface area contributed by atoms with Crippen LogP contribution in [0.5, 0.6) is 0 Å². The molecule has 0 N–H and O–H groups in total. The molecule has 0 bridgehead atoms. The van der Waals surface area contributed by atoms with Gasteiger partial charge < -0.3 is 9.90 Å². The molecule has 0 unspecified atom stereocenters. The molecule has 7 heteroatoms. The van der Waals surface area contributed by atoms with Gasteiger partial charge in [-0.3, -0.25) is 9.69 Å². The normalized spacial score (nSPS) is 17.8. The smallest absolute Gasteiger partial charge is 0.266 e. The number of benzene rings is 1. The molecule has 0 spiro atoms. The molecule has 1 heterocycles. The Balaban J connectivity index is 2.26. The highest BCUT2D eigenvalue weighted by Crippen LogP contribution is 2.34. The van der Waals surface area contributed by atoms with Gasteiger partial charge in [0, 0.05) is 0 Å². The van der Waals surface area contributed by atoms with Gasteiger partial charge in [0.05, 0.1) is 16.9 Å². The van der Waals surface area contributed by atoms with Gasteiger partial charge in [0.2, 0.25) is 0 Å². The molecule has 4 nitrogen and oxygen atoms in total. The summed E-state index contributed by atoms with van der Waals surface area (Å²) in [5, 5.41) is 11.4. The van der Waals surface area contributed by atoms with E-state index in [0.717, 1.165) is 23.1 Å². The molecule has 0 aromatic heterocycles. The minimum atomic E-state index is -1.32. The van der Waals surface area contributed by atoms with Crippen molar-refractivity contribution in [2.24, 2.45) is 0 Å². The molecule has 1 aliphatic rings. The lowest BCUT2D eigenvalue weighted by atomic mass is 10.1. The molecule has 122 valence electrons. The number of thioether (sulfide) groups is 1. The van der Waals surface area contributed by atoms with E-state index in [0.29, 0.717) is 18.4 Å². The first kappa shape index (κ1) is 17.6. The van der Waals surface area contributed by atoms with Crippen LogP contribution in [0.1, 0.15) is 31.7 Å². The summed E-state index contributed by atoms with van der Waals surface area (Å²) in [7, 11) is 0. The second-order valence-corrected chi connectivity index (χ2v) is 6.76. The molecule has 0 saturated carbocycles. The summed E-state index contributed by atoms with van der Waals surface area (Å²) in [5.74, 6) is -2.21. The van der Waals surface area contributed by atoms with Crippen LogP contribution in [-0.2, 0) is 9.59 Å². The van der Waals surface area contributed by atoms with Gasteiger partial charge in [-0.25, -0.2) is 4.39 Å². The summed E-state index contributed by atoms with van der Waals surface area (Å²) < 4.78 is 13.4. The Labute approximate surface area is 143 Å². The van der Waals surface area contributed by atoms with Crippen molar-refractivity contribution in [3.05, 3.63) is 40.6 Å². The van der Waals surface area contributed by atoms with Crippen LogP contribution < -0.4 is 5.11 Å². The first-order valence-corrected chi connectivity index (χ1v) is 8.40. The Bertz CT molecular complexity index is 675. The van der Waals surface area contributed by atoms with E-state index < -0.39 is 23.7 Å². The largest absolute Gasteiger partial charge is 0.548 e. The van der Waals surface area contributed by atoms with Crippen molar-refractivity contribution in [2.45, 2.75) is 32.2 Å². The molecule has 0 radical (unpaired) electrons. The van der Waals surface area contributed by atoms with Crippen LogP contribution in [0.3, 0.4) is 0 Å². The molecular weight excluding hydrogens is 337 g/mol. The van der Waals surface area contributed by atoms with Crippen molar-refractivity contribution in [1.29, 1.82) is 0 Å². The highest BCUT2D eigenvalue weighted by molar-refractivity contribution is 8.26. The summed E-state index contributed by atoms with van der Waals surface area (Å²) in [6.45, 7) is 1.93. The third-order valence-electron chi connectivity index (χ3n) is 3.38. The lowest BCUT2D eigenvalue weighted by molar-refractivity contribution is -0.310. The van der Waals surface area contributed by atoms with E-state index in [9.17, 15) is 19.1 Å². The molecule has 2 rings (SSSR count). The highest BCUT2D eigenvalue weighted by Gasteiger charge is 2.37. The summed E-state index contributed by atoms with van der Waals surface area (Å²) in [6, 6.07) is 4.72. The van der Waals surface area contributed by atoms with Gasteiger partial charge in [-0.1, -0.05) is 55.9 Å². The zero-order valence-corrected chi connectivity index (χ0v) is 14.1. The van der Waals surface area contributed by atoms with Crippen molar-refractivity contribution in [1.82, 2.24) is 4.90 Å². The molecule has 1 amide bonds. The maximum Gasteiger partial charge on any atom is 0.266 e. The van der Waals surface area contributed by atoms with E-state index in [1.807, 2.05) is 6.92 Å². The molecule has 1 aromatic rings. The number of aliphatic carboxylic acids is 1. The fourth-order valence-corrected chi connectivity index (χ4v) is 3.60. The summed E-state index contributed by atoms with van der Waals surface area (Å²) in [6.07, 6.45) is 3.25.